The minimum absolute atomic E-state index is 0.275. The predicted octanol–water partition coefficient (Wildman–Crippen LogP) is 2.92. The van der Waals surface area contributed by atoms with Crippen LogP contribution in [0.2, 0.25) is 0 Å². The van der Waals surface area contributed by atoms with Gasteiger partial charge in [-0.05, 0) is 75.9 Å². The lowest BCUT2D eigenvalue weighted by Gasteiger charge is -2.32. The molecule has 0 aliphatic carbocycles. The molecule has 1 amide bonds. The molecule has 0 bridgehead atoms. The summed E-state index contributed by atoms with van der Waals surface area (Å²) in [4.78, 5) is 14.2. The van der Waals surface area contributed by atoms with Crippen molar-refractivity contribution in [2.45, 2.75) is 39.5 Å². The van der Waals surface area contributed by atoms with Gasteiger partial charge in [-0.25, -0.2) is 0 Å². The third-order valence-electron chi connectivity index (χ3n) is 4.74. The molecule has 1 aromatic carbocycles. The molecule has 4 heteroatoms. The van der Waals surface area contributed by atoms with E-state index in [1.54, 1.807) is 0 Å². The zero-order valence-electron chi connectivity index (χ0n) is 14.7. The fourth-order valence-corrected chi connectivity index (χ4v) is 3.05. The summed E-state index contributed by atoms with van der Waals surface area (Å²) < 4.78 is 5.75. The van der Waals surface area contributed by atoms with Crippen LogP contribution >= 0.6 is 0 Å². The van der Waals surface area contributed by atoms with E-state index < -0.39 is 0 Å². The number of nitrogens with one attached hydrogen (secondary N) is 1. The molecule has 1 N–H and O–H groups in total. The van der Waals surface area contributed by atoms with E-state index in [1.807, 2.05) is 18.0 Å². The van der Waals surface area contributed by atoms with Crippen LogP contribution in [0.3, 0.4) is 0 Å². The third kappa shape index (κ3) is 5.54. The summed E-state index contributed by atoms with van der Waals surface area (Å²) >= 11 is 0. The number of ether oxygens (including phenoxy) is 1. The molecule has 4 nitrogen and oxygen atoms in total. The lowest BCUT2D eigenvalue weighted by atomic mass is 9.96. The molecule has 0 spiro atoms. The number of piperidine rings is 1. The number of carbonyl (C=O) groups is 1. The summed E-state index contributed by atoms with van der Waals surface area (Å²) in [5.74, 6) is 1.89. The quantitative estimate of drug-likeness (QED) is 0.786. The summed E-state index contributed by atoms with van der Waals surface area (Å²) in [6.45, 7) is 7.66. The van der Waals surface area contributed by atoms with Gasteiger partial charge in [0.05, 0.1) is 6.61 Å². The lowest BCUT2D eigenvalue weighted by molar-refractivity contribution is -0.132. The van der Waals surface area contributed by atoms with Gasteiger partial charge in [-0.3, -0.25) is 4.79 Å². The van der Waals surface area contributed by atoms with Crippen molar-refractivity contribution in [3.63, 3.8) is 0 Å². The summed E-state index contributed by atoms with van der Waals surface area (Å²) in [5.41, 5.74) is 2.51. The van der Waals surface area contributed by atoms with E-state index in [2.05, 4.69) is 31.3 Å². The maximum Gasteiger partial charge on any atom is 0.222 e. The van der Waals surface area contributed by atoms with Gasteiger partial charge in [0.1, 0.15) is 5.75 Å². The molecule has 23 heavy (non-hydrogen) atoms. The first-order chi connectivity index (χ1) is 11.1. The number of likely N-dealkylation sites (tertiary alicyclic amines) is 1. The average Bonchev–Trinajstić information content (AvgIpc) is 2.55. The molecule has 2 rings (SSSR count). The van der Waals surface area contributed by atoms with Crippen LogP contribution in [-0.2, 0) is 4.79 Å². The standard InChI is InChI=1S/C19H30N2O2/c1-15-6-7-18(13-16(15)2)23-12-4-5-19(22)21-10-8-17(9-11-21)14-20-3/h6-7,13,17,20H,4-5,8-12,14H2,1-3H3. The Bertz CT molecular complexity index is 508. The number of benzene rings is 1. The largest absolute Gasteiger partial charge is 0.494 e. The van der Waals surface area contributed by atoms with Crippen molar-refractivity contribution < 1.29 is 9.53 Å². The number of rotatable bonds is 7. The van der Waals surface area contributed by atoms with Crippen molar-refractivity contribution in [1.82, 2.24) is 10.2 Å². The Morgan fingerprint density at radius 2 is 2.00 bits per heavy atom. The van der Waals surface area contributed by atoms with E-state index in [0.717, 1.165) is 50.6 Å². The topological polar surface area (TPSA) is 41.6 Å². The molecular weight excluding hydrogens is 288 g/mol. The van der Waals surface area contributed by atoms with E-state index in [1.165, 1.54) is 11.1 Å². The molecule has 1 aliphatic rings. The van der Waals surface area contributed by atoms with Crippen LogP contribution in [-0.4, -0.2) is 44.1 Å². The molecule has 1 fully saturated rings. The smallest absolute Gasteiger partial charge is 0.222 e. The van der Waals surface area contributed by atoms with Crippen molar-refractivity contribution in [3.8, 4) is 5.75 Å². The number of hydrogen-bond donors (Lipinski definition) is 1. The minimum Gasteiger partial charge on any atom is -0.494 e. The Morgan fingerprint density at radius 1 is 1.26 bits per heavy atom. The van der Waals surface area contributed by atoms with Crippen LogP contribution in [0.15, 0.2) is 18.2 Å². The van der Waals surface area contributed by atoms with Gasteiger partial charge in [0, 0.05) is 19.5 Å². The van der Waals surface area contributed by atoms with Gasteiger partial charge < -0.3 is 15.0 Å². The highest BCUT2D eigenvalue weighted by atomic mass is 16.5. The molecule has 0 saturated carbocycles. The van der Waals surface area contributed by atoms with Crippen molar-refractivity contribution in [3.05, 3.63) is 29.3 Å². The van der Waals surface area contributed by atoms with E-state index in [-0.39, 0.29) is 5.91 Å². The van der Waals surface area contributed by atoms with E-state index in [4.69, 9.17) is 4.74 Å². The van der Waals surface area contributed by atoms with Gasteiger partial charge >= 0.3 is 0 Å². The van der Waals surface area contributed by atoms with E-state index in [9.17, 15) is 4.79 Å². The molecule has 1 aromatic rings. The monoisotopic (exact) mass is 318 g/mol. The fraction of sp³-hybridized carbons (Fsp3) is 0.632. The minimum atomic E-state index is 0.275. The number of carbonyl (C=O) groups excluding carboxylic acids is 1. The van der Waals surface area contributed by atoms with Crippen LogP contribution in [0.1, 0.15) is 36.8 Å². The van der Waals surface area contributed by atoms with E-state index in [0.29, 0.717) is 13.0 Å². The lowest BCUT2D eigenvalue weighted by Crippen LogP contribution is -2.40. The Kier molecular flexibility index (Phi) is 6.90. The SMILES string of the molecule is CNCC1CCN(C(=O)CCCOc2ccc(C)c(C)c2)CC1. The van der Waals surface area contributed by atoms with Crippen molar-refractivity contribution >= 4 is 5.91 Å². The number of amides is 1. The molecule has 0 aromatic heterocycles. The van der Waals surface area contributed by atoms with Crippen molar-refractivity contribution in [1.29, 1.82) is 0 Å². The second-order valence-electron chi connectivity index (χ2n) is 6.58. The summed E-state index contributed by atoms with van der Waals surface area (Å²) in [5, 5.41) is 3.23. The molecule has 1 aliphatic heterocycles. The Labute approximate surface area is 140 Å². The molecule has 0 atom stereocenters. The van der Waals surface area contributed by atoms with Crippen LogP contribution in [0.4, 0.5) is 0 Å². The third-order valence-corrected chi connectivity index (χ3v) is 4.74. The average molecular weight is 318 g/mol. The van der Waals surface area contributed by atoms with Gasteiger partial charge in [0.25, 0.3) is 0 Å². The first kappa shape index (κ1) is 17.8. The normalized spacial score (nSPS) is 15.7. The summed E-state index contributed by atoms with van der Waals surface area (Å²) in [7, 11) is 1.99. The molecule has 1 saturated heterocycles. The van der Waals surface area contributed by atoms with Gasteiger partial charge in [-0.1, -0.05) is 6.07 Å². The summed E-state index contributed by atoms with van der Waals surface area (Å²) in [6, 6.07) is 6.13. The summed E-state index contributed by atoms with van der Waals surface area (Å²) in [6.07, 6.45) is 3.60. The van der Waals surface area contributed by atoms with Gasteiger partial charge in [-0.15, -0.1) is 0 Å². The molecule has 128 valence electrons. The van der Waals surface area contributed by atoms with Crippen LogP contribution in [0.5, 0.6) is 5.75 Å². The van der Waals surface area contributed by atoms with Gasteiger partial charge in [0.15, 0.2) is 0 Å². The van der Waals surface area contributed by atoms with Crippen molar-refractivity contribution in [2.75, 3.05) is 33.3 Å². The molecule has 0 radical (unpaired) electrons. The second-order valence-corrected chi connectivity index (χ2v) is 6.58. The Balaban J connectivity index is 1.64. The maximum absolute atomic E-state index is 12.2. The maximum atomic E-state index is 12.2. The highest BCUT2D eigenvalue weighted by Gasteiger charge is 2.21. The Hall–Kier alpha value is -1.55. The second kappa shape index (κ2) is 8.92. The number of aryl methyl sites for hydroxylation is 2. The first-order valence-corrected chi connectivity index (χ1v) is 8.72. The number of hydrogen-bond acceptors (Lipinski definition) is 3. The molecule has 1 heterocycles. The fourth-order valence-electron chi connectivity index (χ4n) is 3.05. The first-order valence-electron chi connectivity index (χ1n) is 8.72. The zero-order chi connectivity index (χ0) is 16.7. The highest BCUT2D eigenvalue weighted by Crippen LogP contribution is 2.18. The van der Waals surface area contributed by atoms with Gasteiger partial charge in [-0.2, -0.15) is 0 Å². The van der Waals surface area contributed by atoms with Crippen molar-refractivity contribution in [2.24, 2.45) is 5.92 Å². The van der Waals surface area contributed by atoms with Crippen LogP contribution < -0.4 is 10.1 Å². The zero-order valence-corrected chi connectivity index (χ0v) is 14.7. The van der Waals surface area contributed by atoms with Gasteiger partial charge in [0.2, 0.25) is 5.91 Å². The number of nitrogens with zero attached hydrogens (tertiary/aromatic N) is 1. The highest BCUT2D eigenvalue weighted by molar-refractivity contribution is 5.76. The predicted molar refractivity (Wildman–Crippen MR) is 93.9 cm³/mol. The molecular formula is C19H30N2O2. The molecule has 0 unspecified atom stereocenters. The van der Waals surface area contributed by atoms with Crippen LogP contribution in [0, 0.1) is 19.8 Å². The Morgan fingerprint density at radius 3 is 2.65 bits per heavy atom. The van der Waals surface area contributed by atoms with Crippen LogP contribution in [0.25, 0.3) is 0 Å². The van der Waals surface area contributed by atoms with E-state index >= 15 is 0 Å².